The van der Waals surface area contributed by atoms with Crippen molar-refractivity contribution in [2.24, 2.45) is 11.3 Å². The molecule has 2 fully saturated rings. The van der Waals surface area contributed by atoms with Gasteiger partial charge in [-0.2, -0.15) is 4.31 Å². The number of aliphatic hydroxyl groups excluding tert-OH is 1. The van der Waals surface area contributed by atoms with Gasteiger partial charge in [-0.25, -0.2) is 18.0 Å². The summed E-state index contributed by atoms with van der Waals surface area (Å²) in [5.41, 5.74) is 0.165. The molecule has 0 radical (unpaired) electrons. The van der Waals surface area contributed by atoms with Gasteiger partial charge in [-0.15, -0.1) is 0 Å². The second kappa shape index (κ2) is 15.1. The normalized spacial score (nSPS) is 21.6. The average molecular weight is 678 g/mol. The number of carbonyl (C=O) groups is 2. The van der Waals surface area contributed by atoms with Crippen molar-refractivity contribution in [2.75, 3.05) is 46.8 Å². The van der Waals surface area contributed by atoms with Crippen LogP contribution in [0.1, 0.15) is 32.3 Å². The minimum atomic E-state index is -4.21. The van der Waals surface area contributed by atoms with E-state index < -0.39 is 52.2 Å². The molecule has 47 heavy (non-hydrogen) atoms. The first-order valence-electron chi connectivity index (χ1n) is 15.6. The second-order valence-electron chi connectivity index (χ2n) is 12.6. The molecule has 15 heteroatoms. The Labute approximate surface area is 274 Å². The fourth-order valence-corrected chi connectivity index (χ4v) is 7.59. The van der Waals surface area contributed by atoms with E-state index in [1.807, 2.05) is 44.2 Å². The van der Waals surface area contributed by atoms with E-state index >= 15 is 0 Å². The zero-order valence-electron chi connectivity index (χ0n) is 26.8. The number of alkyl carbamates (subject to hydrolysis) is 2. The number of sulfonamides is 1. The number of ether oxygens (including phenoxy) is 6. The van der Waals surface area contributed by atoms with Crippen molar-refractivity contribution in [3.8, 4) is 11.5 Å². The Kier molecular flexibility index (Phi) is 11.1. The third-order valence-electron chi connectivity index (χ3n) is 8.54. The number of aliphatic hydroxyl groups is 1. The van der Waals surface area contributed by atoms with Gasteiger partial charge in [0.1, 0.15) is 6.10 Å². The molecule has 0 aromatic heterocycles. The molecule has 2 saturated heterocycles. The molecule has 0 bridgehead atoms. The second-order valence-corrected chi connectivity index (χ2v) is 14.6. The van der Waals surface area contributed by atoms with E-state index in [4.69, 9.17) is 23.7 Å². The van der Waals surface area contributed by atoms with Crippen LogP contribution in [0.3, 0.4) is 0 Å². The summed E-state index contributed by atoms with van der Waals surface area (Å²) in [6.07, 6.45) is -2.28. The molecular weight excluding hydrogens is 634 g/mol. The molecule has 258 valence electrons. The van der Waals surface area contributed by atoms with E-state index in [9.17, 15) is 23.1 Å². The Morgan fingerprint density at radius 3 is 2.62 bits per heavy atom. The lowest BCUT2D eigenvalue weighted by molar-refractivity contribution is -0.0907. The van der Waals surface area contributed by atoms with E-state index in [1.54, 1.807) is 0 Å². The molecule has 2 aromatic rings. The van der Waals surface area contributed by atoms with Crippen LogP contribution in [0.15, 0.2) is 53.4 Å². The van der Waals surface area contributed by atoms with E-state index in [0.29, 0.717) is 30.9 Å². The van der Waals surface area contributed by atoms with Crippen molar-refractivity contribution in [1.82, 2.24) is 14.9 Å². The van der Waals surface area contributed by atoms with Crippen LogP contribution < -0.4 is 20.1 Å². The number of fused-ring (bicyclic) bond motifs is 2. The molecule has 3 aliphatic heterocycles. The Morgan fingerprint density at radius 1 is 1.09 bits per heavy atom. The first-order valence-corrected chi connectivity index (χ1v) is 17.0. The van der Waals surface area contributed by atoms with E-state index in [-0.39, 0.29) is 50.3 Å². The van der Waals surface area contributed by atoms with Crippen molar-refractivity contribution < 1.29 is 51.5 Å². The molecule has 0 spiro atoms. The van der Waals surface area contributed by atoms with Crippen LogP contribution in [0.2, 0.25) is 0 Å². The lowest BCUT2D eigenvalue weighted by atomic mass is 9.89. The van der Waals surface area contributed by atoms with Crippen molar-refractivity contribution in [2.45, 2.75) is 62.5 Å². The van der Waals surface area contributed by atoms with E-state index in [1.165, 1.54) is 29.6 Å². The SMILES string of the molecule is COC(=O)NCCC(C)(C)CN(C[C@@H](O)[C@H](Cc1ccccc1)NC(=O)O[C@H]1CO[C@H]2OCC[C@H]21)S(=O)(=O)c1ccc2c(c1)OCO2. The summed E-state index contributed by atoms with van der Waals surface area (Å²) in [5.74, 6) is 0.653. The summed E-state index contributed by atoms with van der Waals surface area (Å²) >= 11 is 0. The minimum absolute atomic E-state index is 0.0192. The number of hydrogen-bond donors (Lipinski definition) is 3. The number of methoxy groups -OCH3 is 1. The van der Waals surface area contributed by atoms with Crippen LogP contribution in [-0.4, -0.2) is 101 Å². The molecule has 2 aromatic carbocycles. The third kappa shape index (κ3) is 8.84. The number of benzene rings is 2. The monoisotopic (exact) mass is 677 g/mol. The van der Waals surface area contributed by atoms with E-state index in [2.05, 4.69) is 15.4 Å². The lowest BCUT2D eigenvalue weighted by Gasteiger charge is -2.35. The molecule has 0 saturated carbocycles. The highest BCUT2D eigenvalue weighted by atomic mass is 32.2. The number of amides is 2. The van der Waals surface area contributed by atoms with Gasteiger partial charge >= 0.3 is 12.2 Å². The topological polar surface area (TPSA) is 171 Å². The van der Waals surface area contributed by atoms with E-state index in [0.717, 1.165) is 5.56 Å². The third-order valence-corrected chi connectivity index (χ3v) is 10.4. The predicted octanol–water partition coefficient (Wildman–Crippen LogP) is 2.64. The number of hydrogen-bond acceptors (Lipinski definition) is 11. The maximum absolute atomic E-state index is 14.2. The summed E-state index contributed by atoms with van der Waals surface area (Å²) < 4.78 is 61.9. The molecule has 5 atom stereocenters. The van der Waals surface area contributed by atoms with Crippen molar-refractivity contribution in [3.05, 3.63) is 54.1 Å². The minimum Gasteiger partial charge on any atom is -0.454 e. The van der Waals surface area contributed by atoms with Gasteiger partial charge in [0.2, 0.25) is 16.8 Å². The highest BCUT2D eigenvalue weighted by molar-refractivity contribution is 7.89. The van der Waals surface area contributed by atoms with Crippen LogP contribution >= 0.6 is 0 Å². The van der Waals surface area contributed by atoms with Gasteiger partial charge in [0.05, 0.1) is 43.3 Å². The van der Waals surface area contributed by atoms with Gasteiger partial charge in [0, 0.05) is 25.7 Å². The van der Waals surface area contributed by atoms with Crippen LogP contribution in [-0.2, 0) is 35.4 Å². The molecule has 3 N–H and O–H groups in total. The fourth-order valence-electron chi connectivity index (χ4n) is 5.92. The summed E-state index contributed by atoms with van der Waals surface area (Å²) in [5, 5.41) is 17.1. The van der Waals surface area contributed by atoms with Crippen LogP contribution in [0, 0.1) is 11.3 Å². The van der Waals surface area contributed by atoms with Crippen LogP contribution in [0.4, 0.5) is 9.59 Å². The van der Waals surface area contributed by atoms with Gasteiger partial charge < -0.3 is 44.2 Å². The number of nitrogens with zero attached hydrogens (tertiary/aromatic N) is 1. The largest absolute Gasteiger partial charge is 0.454 e. The van der Waals surface area contributed by atoms with Gasteiger partial charge in [-0.3, -0.25) is 0 Å². The van der Waals surface area contributed by atoms with Crippen LogP contribution in [0.25, 0.3) is 0 Å². The first kappa shape index (κ1) is 34.7. The molecule has 0 aliphatic carbocycles. The number of nitrogens with one attached hydrogen (secondary N) is 2. The standard InChI is InChI=1S/C32H43N3O11S/c1-32(2,12-13-33-30(37)41-3)19-35(47(39,40)22-9-10-26-27(16-22)45-20-44-26)17-25(36)24(15-21-7-5-4-6-8-21)34-31(38)46-28-18-43-29-23(28)11-14-42-29/h4-10,16,23-25,28-29,36H,11-15,17-20H2,1-3H3,(H,33,37)(H,34,38)/t23-,24-,25+,28-,29+/m0/s1. The first-order chi connectivity index (χ1) is 22.4. The summed E-state index contributed by atoms with van der Waals surface area (Å²) in [6, 6.07) is 12.7. The fraction of sp³-hybridized carbons (Fsp3) is 0.562. The van der Waals surface area contributed by atoms with Crippen molar-refractivity contribution in [3.63, 3.8) is 0 Å². The van der Waals surface area contributed by atoms with Crippen molar-refractivity contribution in [1.29, 1.82) is 0 Å². The molecule has 0 unspecified atom stereocenters. The Morgan fingerprint density at radius 2 is 1.85 bits per heavy atom. The highest BCUT2D eigenvalue weighted by Crippen LogP contribution is 2.36. The average Bonchev–Trinajstić information content (AvgIpc) is 3.79. The predicted molar refractivity (Wildman–Crippen MR) is 167 cm³/mol. The zero-order chi connectivity index (χ0) is 33.6. The van der Waals surface area contributed by atoms with Crippen molar-refractivity contribution >= 4 is 22.2 Å². The Hall–Kier alpha value is -3.63. The van der Waals surface area contributed by atoms with Gasteiger partial charge in [0.15, 0.2) is 17.8 Å². The van der Waals surface area contributed by atoms with Gasteiger partial charge in [-0.05, 0) is 42.4 Å². The maximum Gasteiger partial charge on any atom is 0.407 e. The summed E-state index contributed by atoms with van der Waals surface area (Å²) in [4.78, 5) is 24.8. The van der Waals surface area contributed by atoms with Crippen LogP contribution in [0.5, 0.6) is 11.5 Å². The number of rotatable bonds is 14. The molecule has 14 nitrogen and oxygen atoms in total. The Balaban J connectivity index is 1.37. The molecular formula is C32H43N3O11S. The van der Waals surface area contributed by atoms with Gasteiger partial charge in [0.25, 0.3) is 0 Å². The zero-order valence-corrected chi connectivity index (χ0v) is 27.6. The Bertz CT molecular complexity index is 1490. The number of carbonyl (C=O) groups excluding carboxylic acids is 2. The molecule has 3 aliphatic rings. The van der Waals surface area contributed by atoms with Gasteiger partial charge in [-0.1, -0.05) is 44.2 Å². The molecule has 2 amide bonds. The highest BCUT2D eigenvalue weighted by Gasteiger charge is 2.44. The molecule has 3 heterocycles. The quantitative estimate of drug-likeness (QED) is 0.269. The summed E-state index contributed by atoms with van der Waals surface area (Å²) in [6.45, 7) is 4.30. The smallest absolute Gasteiger partial charge is 0.407 e. The lowest BCUT2D eigenvalue weighted by Crippen LogP contribution is -2.52. The maximum atomic E-state index is 14.2. The summed E-state index contributed by atoms with van der Waals surface area (Å²) in [7, 11) is -2.95. The molecule has 5 rings (SSSR count).